The van der Waals surface area contributed by atoms with Crippen LogP contribution in [0.4, 0.5) is 5.00 Å². The van der Waals surface area contributed by atoms with E-state index in [4.69, 9.17) is 10.7 Å². The van der Waals surface area contributed by atoms with E-state index in [1.807, 2.05) is 0 Å². The van der Waals surface area contributed by atoms with Crippen molar-refractivity contribution in [1.29, 1.82) is 0 Å². The number of nitrogens with zero attached hydrogens (tertiary/aromatic N) is 2. The number of aryl methyl sites for hydroxylation is 3. The van der Waals surface area contributed by atoms with E-state index in [1.54, 1.807) is 11.3 Å². The van der Waals surface area contributed by atoms with E-state index < -0.39 is 0 Å². The lowest BCUT2D eigenvalue weighted by Crippen LogP contribution is -1.99. The van der Waals surface area contributed by atoms with Crippen LogP contribution in [-0.2, 0) is 6.54 Å². The number of hydrogen-bond acceptors (Lipinski definition) is 3. The molecule has 2 N–H and O–H groups in total. The van der Waals surface area contributed by atoms with Crippen molar-refractivity contribution in [3.05, 3.63) is 34.2 Å². The molecule has 0 unspecified atom stereocenters. The lowest BCUT2D eigenvalue weighted by molar-refractivity contribution is 0.796. The van der Waals surface area contributed by atoms with E-state index in [-0.39, 0.29) is 0 Å². The molecular formula is C16H19N3S. The van der Waals surface area contributed by atoms with Gasteiger partial charge in [-0.15, -0.1) is 11.3 Å². The highest BCUT2D eigenvalue weighted by Gasteiger charge is 2.19. The molecule has 0 bridgehead atoms. The first kappa shape index (κ1) is 13.2. The SMILES string of the molecule is CCn1c(-c2c(N)sc(C)c2C)nc2cc(C)ccc21. The van der Waals surface area contributed by atoms with Crippen molar-refractivity contribution >= 4 is 27.4 Å². The maximum absolute atomic E-state index is 6.21. The van der Waals surface area contributed by atoms with E-state index in [2.05, 4.69) is 50.5 Å². The average Bonchev–Trinajstić information content (AvgIpc) is 2.86. The van der Waals surface area contributed by atoms with Crippen LogP contribution in [-0.4, -0.2) is 9.55 Å². The van der Waals surface area contributed by atoms with Crippen molar-refractivity contribution in [2.45, 2.75) is 34.2 Å². The second-order valence-corrected chi connectivity index (χ2v) is 6.45. The molecule has 3 nitrogen and oxygen atoms in total. The van der Waals surface area contributed by atoms with Crippen molar-refractivity contribution in [2.24, 2.45) is 0 Å². The zero-order valence-corrected chi connectivity index (χ0v) is 13.1. The molecule has 0 spiro atoms. The lowest BCUT2D eigenvalue weighted by atomic mass is 10.1. The molecule has 0 aliphatic heterocycles. The number of nitrogens with two attached hydrogens (primary N) is 1. The molecule has 3 aromatic rings. The van der Waals surface area contributed by atoms with Crippen LogP contribution in [0.15, 0.2) is 18.2 Å². The van der Waals surface area contributed by atoms with Crippen LogP contribution in [0.1, 0.15) is 22.9 Å². The zero-order chi connectivity index (χ0) is 14.4. The van der Waals surface area contributed by atoms with Gasteiger partial charge in [-0.2, -0.15) is 0 Å². The number of anilines is 1. The standard InChI is InChI=1S/C16H19N3S/c1-5-19-13-7-6-9(2)8-12(13)18-16(19)14-10(3)11(4)20-15(14)17/h6-8H,5,17H2,1-4H3. The number of imidazole rings is 1. The normalized spacial score (nSPS) is 11.4. The molecule has 20 heavy (non-hydrogen) atoms. The largest absolute Gasteiger partial charge is 0.390 e. The predicted octanol–water partition coefficient (Wildman–Crippen LogP) is 4.29. The fraction of sp³-hybridized carbons (Fsp3) is 0.312. The van der Waals surface area contributed by atoms with Gasteiger partial charge in [0.15, 0.2) is 0 Å². The first-order valence-corrected chi connectivity index (χ1v) is 7.67. The molecule has 0 amide bonds. The maximum Gasteiger partial charge on any atom is 0.144 e. The van der Waals surface area contributed by atoms with E-state index >= 15 is 0 Å². The number of fused-ring (bicyclic) bond motifs is 1. The number of hydrogen-bond donors (Lipinski definition) is 1. The Labute approximate surface area is 123 Å². The van der Waals surface area contributed by atoms with Crippen molar-refractivity contribution in [3.8, 4) is 11.4 Å². The predicted molar refractivity (Wildman–Crippen MR) is 87.3 cm³/mol. The molecule has 0 saturated heterocycles. The van der Waals surface area contributed by atoms with Gasteiger partial charge in [-0.1, -0.05) is 6.07 Å². The van der Waals surface area contributed by atoms with Crippen LogP contribution in [0.25, 0.3) is 22.4 Å². The molecule has 0 aliphatic carbocycles. The molecule has 1 aromatic carbocycles. The quantitative estimate of drug-likeness (QED) is 0.763. The summed E-state index contributed by atoms with van der Waals surface area (Å²) >= 11 is 1.65. The minimum atomic E-state index is 0.863. The Kier molecular flexibility index (Phi) is 3.05. The lowest BCUT2D eigenvalue weighted by Gasteiger charge is -2.07. The zero-order valence-electron chi connectivity index (χ0n) is 12.3. The summed E-state index contributed by atoms with van der Waals surface area (Å²) in [5.74, 6) is 0.993. The first-order valence-electron chi connectivity index (χ1n) is 6.85. The van der Waals surface area contributed by atoms with E-state index in [9.17, 15) is 0 Å². The third-order valence-corrected chi connectivity index (χ3v) is 4.89. The number of nitrogen functional groups attached to an aromatic ring is 1. The van der Waals surface area contributed by atoms with Gasteiger partial charge in [0.25, 0.3) is 0 Å². The molecule has 0 atom stereocenters. The molecule has 0 fully saturated rings. The Morgan fingerprint density at radius 3 is 2.60 bits per heavy atom. The molecule has 0 saturated carbocycles. The Morgan fingerprint density at radius 2 is 2.00 bits per heavy atom. The van der Waals surface area contributed by atoms with Gasteiger partial charge in [0.2, 0.25) is 0 Å². The van der Waals surface area contributed by atoms with Crippen LogP contribution < -0.4 is 5.73 Å². The highest BCUT2D eigenvalue weighted by molar-refractivity contribution is 7.16. The average molecular weight is 285 g/mol. The van der Waals surface area contributed by atoms with Crippen molar-refractivity contribution in [2.75, 3.05) is 5.73 Å². The molecular weight excluding hydrogens is 266 g/mol. The second kappa shape index (κ2) is 4.63. The van der Waals surface area contributed by atoms with Crippen LogP contribution in [0, 0.1) is 20.8 Å². The third kappa shape index (κ3) is 1.83. The van der Waals surface area contributed by atoms with Crippen molar-refractivity contribution < 1.29 is 0 Å². The summed E-state index contributed by atoms with van der Waals surface area (Å²) < 4.78 is 2.25. The van der Waals surface area contributed by atoms with Crippen LogP contribution >= 0.6 is 11.3 Å². The molecule has 2 heterocycles. The Balaban J connectivity index is 2.36. The second-order valence-electron chi connectivity index (χ2n) is 5.19. The summed E-state index contributed by atoms with van der Waals surface area (Å²) in [6.07, 6.45) is 0. The first-order chi connectivity index (χ1) is 9.52. The van der Waals surface area contributed by atoms with Gasteiger partial charge >= 0.3 is 0 Å². The fourth-order valence-corrected chi connectivity index (χ4v) is 3.61. The highest BCUT2D eigenvalue weighted by atomic mass is 32.1. The van der Waals surface area contributed by atoms with Gasteiger partial charge in [0, 0.05) is 11.4 Å². The molecule has 104 valence electrons. The topological polar surface area (TPSA) is 43.8 Å². The summed E-state index contributed by atoms with van der Waals surface area (Å²) in [4.78, 5) is 6.11. The number of rotatable bonds is 2. The summed E-state index contributed by atoms with van der Waals surface area (Å²) in [6, 6.07) is 6.42. The molecule has 3 rings (SSSR count). The molecule has 0 radical (unpaired) electrons. The number of benzene rings is 1. The maximum atomic E-state index is 6.21. The monoisotopic (exact) mass is 285 g/mol. The van der Waals surface area contributed by atoms with E-state index in [0.717, 1.165) is 28.5 Å². The van der Waals surface area contributed by atoms with E-state index in [1.165, 1.54) is 21.5 Å². The molecule has 2 aromatic heterocycles. The van der Waals surface area contributed by atoms with Gasteiger partial charge in [-0.05, 0) is 51.0 Å². The third-order valence-electron chi connectivity index (χ3n) is 3.86. The molecule has 0 aliphatic rings. The smallest absolute Gasteiger partial charge is 0.144 e. The van der Waals surface area contributed by atoms with Gasteiger partial charge in [0.05, 0.1) is 21.6 Å². The fourth-order valence-electron chi connectivity index (χ4n) is 2.68. The van der Waals surface area contributed by atoms with Gasteiger partial charge in [-0.3, -0.25) is 0 Å². The summed E-state index contributed by atoms with van der Waals surface area (Å²) in [5, 5.41) is 0.863. The van der Waals surface area contributed by atoms with Crippen LogP contribution in [0.2, 0.25) is 0 Å². The Bertz CT molecular complexity index is 796. The minimum Gasteiger partial charge on any atom is -0.390 e. The van der Waals surface area contributed by atoms with Gasteiger partial charge in [0.1, 0.15) is 5.82 Å². The number of aromatic nitrogens is 2. The van der Waals surface area contributed by atoms with Gasteiger partial charge < -0.3 is 10.3 Å². The van der Waals surface area contributed by atoms with Crippen LogP contribution in [0.3, 0.4) is 0 Å². The van der Waals surface area contributed by atoms with Gasteiger partial charge in [-0.25, -0.2) is 4.98 Å². The Morgan fingerprint density at radius 1 is 1.25 bits per heavy atom. The van der Waals surface area contributed by atoms with Crippen molar-refractivity contribution in [1.82, 2.24) is 9.55 Å². The molecule has 4 heteroatoms. The summed E-state index contributed by atoms with van der Waals surface area (Å²) in [6.45, 7) is 9.38. The summed E-state index contributed by atoms with van der Waals surface area (Å²) in [5.41, 5.74) is 12.0. The summed E-state index contributed by atoms with van der Waals surface area (Å²) in [7, 11) is 0. The van der Waals surface area contributed by atoms with E-state index in [0.29, 0.717) is 0 Å². The highest BCUT2D eigenvalue weighted by Crippen LogP contribution is 2.38. The number of thiophene rings is 1. The van der Waals surface area contributed by atoms with Crippen LogP contribution in [0.5, 0.6) is 0 Å². The van der Waals surface area contributed by atoms with Crippen molar-refractivity contribution in [3.63, 3.8) is 0 Å². The Hall–Kier alpha value is -1.81. The minimum absolute atomic E-state index is 0.863.